The fourth-order valence-electron chi connectivity index (χ4n) is 1.31. The van der Waals surface area contributed by atoms with Crippen molar-refractivity contribution in [1.29, 1.82) is 0 Å². The number of amides is 1. The third-order valence-corrected chi connectivity index (χ3v) is 2.04. The van der Waals surface area contributed by atoms with Gasteiger partial charge in [-0.15, -0.1) is 0 Å². The topological polar surface area (TPSA) is 55.1 Å². The van der Waals surface area contributed by atoms with Gasteiger partial charge in [-0.05, 0) is 18.6 Å². The smallest absolute Gasteiger partial charge is 0.239 e. The molecule has 0 fully saturated rings. The van der Waals surface area contributed by atoms with Crippen molar-refractivity contribution < 1.29 is 4.79 Å². The second-order valence-electron chi connectivity index (χ2n) is 3.25. The summed E-state index contributed by atoms with van der Waals surface area (Å²) in [5.41, 5.74) is 6.20. The predicted molar refractivity (Wildman–Crippen MR) is 58.0 cm³/mol. The highest BCUT2D eigenvalue weighted by atomic mass is 16.1. The van der Waals surface area contributed by atoms with Gasteiger partial charge < -0.3 is 11.1 Å². The number of nitrogens with two attached hydrogens (primary N) is 1. The van der Waals surface area contributed by atoms with E-state index in [1.54, 1.807) is 0 Å². The van der Waals surface area contributed by atoms with Gasteiger partial charge >= 0.3 is 0 Å². The largest absolute Gasteiger partial charge is 0.374 e. The van der Waals surface area contributed by atoms with Crippen molar-refractivity contribution in [2.24, 2.45) is 5.73 Å². The van der Waals surface area contributed by atoms with Crippen molar-refractivity contribution in [3.63, 3.8) is 0 Å². The first-order chi connectivity index (χ1) is 6.74. The monoisotopic (exact) mass is 192 g/mol. The second kappa shape index (κ2) is 5.27. The number of carbonyl (C=O) groups excluding carboxylic acids is 1. The van der Waals surface area contributed by atoms with E-state index >= 15 is 0 Å². The van der Waals surface area contributed by atoms with Gasteiger partial charge in [0, 0.05) is 5.69 Å². The number of para-hydroxylation sites is 1. The molecule has 0 saturated carbocycles. The highest BCUT2D eigenvalue weighted by Gasteiger charge is 2.12. The van der Waals surface area contributed by atoms with E-state index in [0.29, 0.717) is 0 Å². The number of nitrogens with one attached hydrogen (secondary N) is 1. The molecule has 0 spiro atoms. The van der Waals surface area contributed by atoms with Gasteiger partial charge in [-0.2, -0.15) is 0 Å². The summed E-state index contributed by atoms with van der Waals surface area (Å²) in [6.07, 6.45) is 1.71. The Bertz CT molecular complexity index is 285. The van der Waals surface area contributed by atoms with E-state index in [9.17, 15) is 4.79 Å². The van der Waals surface area contributed by atoms with Gasteiger partial charge in [-0.3, -0.25) is 4.79 Å². The van der Waals surface area contributed by atoms with Gasteiger partial charge in [0.2, 0.25) is 5.91 Å². The van der Waals surface area contributed by atoms with E-state index in [2.05, 4.69) is 5.32 Å². The van der Waals surface area contributed by atoms with Crippen molar-refractivity contribution in [2.45, 2.75) is 25.8 Å². The summed E-state index contributed by atoms with van der Waals surface area (Å²) in [5, 5.41) is 3.10. The zero-order chi connectivity index (χ0) is 10.4. The molecule has 0 bridgehead atoms. The molecular formula is C11H16N2O. The second-order valence-corrected chi connectivity index (χ2v) is 3.25. The lowest BCUT2D eigenvalue weighted by Crippen LogP contribution is -2.35. The lowest BCUT2D eigenvalue weighted by Gasteiger charge is -2.15. The molecule has 0 aliphatic rings. The molecule has 3 nitrogen and oxygen atoms in total. The van der Waals surface area contributed by atoms with E-state index in [1.807, 2.05) is 37.3 Å². The summed E-state index contributed by atoms with van der Waals surface area (Å²) in [6.45, 7) is 2.03. The van der Waals surface area contributed by atoms with Crippen LogP contribution in [0.25, 0.3) is 0 Å². The predicted octanol–water partition coefficient (Wildman–Crippen LogP) is 1.75. The molecule has 0 aromatic heterocycles. The highest BCUT2D eigenvalue weighted by molar-refractivity contribution is 5.82. The summed E-state index contributed by atoms with van der Waals surface area (Å²) in [4.78, 5) is 11.1. The molecule has 14 heavy (non-hydrogen) atoms. The van der Waals surface area contributed by atoms with Crippen LogP contribution in [0.2, 0.25) is 0 Å². The van der Waals surface area contributed by atoms with Crippen LogP contribution >= 0.6 is 0 Å². The number of hydrogen-bond donors (Lipinski definition) is 2. The van der Waals surface area contributed by atoms with Crippen molar-refractivity contribution in [3.8, 4) is 0 Å². The number of anilines is 1. The Balaban J connectivity index is 2.60. The van der Waals surface area contributed by atoms with Crippen LogP contribution in [0, 0.1) is 0 Å². The average Bonchev–Trinajstić information content (AvgIpc) is 2.18. The molecular weight excluding hydrogens is 176 g/mol. The van der Waals surface area contributed by atoms with Gasteiger partial charge in [-0.1, -0.05) is 31.5 Å². The van der Waals surface area contributed by atoms with Crippen molar-refractivity contribution in [3.05, 3.63) is 30.3 Å². The third-order valence-electron chi connectivity index (χ3n) is 2.04. The molecule has 1 rings (SSSR count). The number of primary amides is 1. The Hall–Kier alpha value is -1.51. The third kappa shape index (κ3) is 3.09. The first kappa shape index (κ1) is 10.6. The molecule has 1 amide bonds. The molecule has 0 heterocycles. The Morgan fingerprint density at radius 1 is 1.43 bits per heavy atom. The van der Waals surface area contributed by atoms with Crippen LogP contribution in [0.1, 0.15) is 19.8 Å². The molecule has 3 N–H and O–H groups in total. The Morgan fingerprint density at radius 2 is 2.07 bits per heavy atom. The van der Waals surface area contributed by atoms with Gasteiger partial charge in [0.25, 0.3) is 0 Å². The van der Waals surface area contributed by atoms with Crippen molar-refractivity contribution in [2.75, 3.05) is 5.32 Å². The summed E-state index contributed by atoms with van der Waals surface area (Å²) < 4.78 is 0. The average molecular weight is 192 g/mol. The van der Waals surface area contributed by atoms with E-state index < -0.39 is 0 Å². The maximum absolute atomic E-state index is 11.1. The molecule has 1 atom stereocenters. The van der Waals surface area contributed by atoms with E-state index in [-0.39, 0.29) is 11.9 Å². The normalized spacial score (nSPS) is 12.1. The maximum Gasteiger partial charge on any atom is 0.239 e. The Labute approximate surface area is 84.3 Å². The van der Waals surface area contributed by atoms with Crippen LogP contribution in [-0.2, 0) is 4.79 Å². The Kier molecular flexibility index (Phi) is 3.98. The summed E-state index contributed by atoms with van der Waals surface area (Å²) in [6, 6.07) is 9.36. The molecule has 76 valence electrons. The molecule has 1 aromatic rings. The Morgan fingerprint density at radius 3 is 2.57 bits per heavy atom. The fraction of sp³-hybridized carbons (Fsp3) is 0.364. The number of rotatable bonds is 5. The van der Waals surface area contributed by atoms with E-state index in [0.717, 1.165) is 18.5 Å². The van der Waals surface area contributed by atoms with Crippen LogP contribution < -0.4 is 11.1 Å². The van der Waals surface area contributed by atoms with Crippen LogP contribution in [0.15, 0.2) is 30.3 Å². The van der Waals surface area contributed by atoms with E-state index in [1.165, 1.54) is 0 Å². The van der Waals surface area contributed by atoms with Gasteiger partial charge in [-0.25, -0.2) is 0 Å². The molecule has 0 radical (unpaired) electrons. The number of hydrogen-bond acceptors (Lipinski definition) is 2. The summed E-state index contributed by atoms with van der Waals surface area (Å²) >= 11 is 0. The lowest BCUT2D eigenvalue weighted by atomic mass is 10.1. The molecule has 1 aromatic carbocycles. The van der Waals surface area contributed by atoms with Crippen molar-refractivity contribution in [1.82, 2.24) is 0 Å². The van der Waals surface area contributed by atoms with Crippen LogP contribution in [0.5, 0.6) is 0 Å². The first-order valence-corrected chi connectivity index (χ1v) is 4.85. The minimum Gasteiger partial charge on any atom is -0.374 e. The zero-order valence-corrected chi connectivity index (χ0v) is 8.36. The first-order valence-electron chi connectivity index (χ1n) is 4.85. The number of carbonyl (C=O) groups is 1. The van der Waals surface area contributed by atoms with Gasteiger partial charge in [0.1, 0.15) is 6.04 Å². The standard InChI is InChI=1S/C11H16N2O/c1-2-6-10(11(12)14)13-9-7-4-3-5-8-9/h3-5,7-8,10,13H,2,6H2,1H3,(H2,12,14). The zero-order valence-electron chi connectivity index (χ0n) is 8.36. The van der Waals surface area contributed by atoms with E-state index in [4.69, 9.17) is 5.73 Å². The van der Waals surface area contributed by atoms with Crippen LogP contribution in [-0.4, -0.2) is 11.9 Å². The molecule has 0 aliphatic carbocycles. The molecule has 0 aliphatic heterocycles. The van der Waals surface area contributed by atoms with Crippen molar-refractivity contribution >= 4 is 11.6 Å². The summed E-state index contributed by atoms with van der Waals surface area (Å²) in [5.74, 6) is -0.296. The molecule has 1 unspecified atom stereocenters. The van der Waals surface area contributed by atoms with Gasteiger partial charge in [0.15, 0.2) is 0 Å². The van der Waals surface area contributed by atoms with Crippen LogP contribution in [0.4, 0.5) is 5.69 Å². The molecule has 3 heteroatoms. The van der Waals surface area contributed by atoms with Gasteiger partial charge in [0.05, 0.1) is 0 Å². The minimum absolute atomic E-state index is 0.262. The number of benzene rings is 1. The summed E-state index contributed by atoms with van der Waals surface area (Å²) in [7, 11) is 0. The maximum atomic E-state index is 11.1. The minimum atomic E-state index is -0.296. The quantitative estimate of drug-likeness (QED) is 0.746. The highest BCUT2D eigenvalue weighted by Crippen LogP contribution is 2.09. The SMILES string of the molecule is CCCC(Nc1ccccc1)C(N)=O. The lowest BCUT2D eigenvalue weighted by molar-refractivity contribution is -0.118. The fourth-order valence-corrected chi connectivity index (χ4v) is 1.31. The molecule has 0 saturated heterocycles. The van der Waals surface area contributed by atoms with Crippen LogP contribution in [0.3, 0.4) is 0 Å².